The van der Waals surface area contributed by atoms with E-state index >= 15 is 0 Å². The molecule has 2 aromatic carbocycles. The number of carbonyl (C=O) groups excluding carboxylic acids is 1. The zero-order chi connectivity index (χ0) is 19.8. The van der Waals surface area contributed by atoms with Crippen molar-refractivity contribution >= 4 is 28.8 Å². The molecule has 2 N–H and O–H groups in total. The Morgan fingerprint density at radius 2 is 1.89 bits per heavy atom. The lowest BCUT2D eigenvalue weighted by molar-refractivity contribution is -0.129. The highest BCUT2D eigenvalue weighted by Gasteiger charge is 2.11. The SMILES string of the molecule is O=C(CCCCCOc1cccc(-c2nnc(-c3ccccc3Cl)s2)c1)NO. The van der Waals surface area contributed by atoms with Gasteiger partial charge in [0.1, 0.15) is 15.8 Å². The number of hydroxylamine groups is 1. The van der Waals surface area contributed by atoms with Crippen LogP contribution in [0.4, 0.5) is 0 Å². The fraction of sp³-hybridized carbons (Fsp3) is 0.250. The van der Waals surface area contributed by atoms with Crippen LogP contribution in [0.25, 0.3) is 21.1 Å². The third kappa shape index (κ3) is 5.51. The minimum atomic E-state index is -0.359. The van der Waals surface area contributed by atoms with E-state index in [1.807, 2.05) is 48.5 Å². The van der Waals surface area contributed by atoms with Crippen molar-refractivity contribution in [3.05, 3.63) is 53.6 Å². The second-order valence-corrected chi connectivity index (χ2v) is 7.50. The number of rotatable bonds is 9. The van der Waals surface area contributed by atoms with Crippen LogP contribution in [-0.4, -0.2) is 27.9 Å². The molecule has 1 aromatic heterocycles. The Kier molecular flexibility index (Phi) is 7.36. The Morgan fingerprint density at radius 3 is 2.71 bits per heavy atom. The van der Waals surface area contributed by atoms with Crippen LogP contribution in [0.5, 0.6) is 5.75 Å². The summed E-state index contributed by atoms with van der Waals surface area (Å²) in [5.74, 6) is 0.405. The van der Waals surface area contributed by atoms with Gasteiger partial charge in [0.25, 0.3) is 0 Å². The van der Waals surface area contributed by atoms with Crippen LogP contribution < -0.4 is 10.2 Å². The van der Waals surface area contributed by atoms with Gasteiger partial charge >= 0.3 is 0 Å². The molecule has 0 bridgehead atoms. The summed E-state index contributed by atoms with van der Waals surface area (Å²) in [5, 5.41) is 19.2. The summed E-state index contributed by atoms with van der Waals surface area (Å²) in [4.78, 5) is 10.9. The summed E-state index contributed by atoms with van der Waals surface area (Å²) in [7, 11) is 0. The fourth-order valence-electron chi connectivity index (χ4n) is 2.61. The Labute approximate surface area is 172 Å². The monoisotopic (exact) mass is 417 g/mol. The molecule has 0 atom stereocenters. The predicted octanol–water partition coefficient (Wildman–Crippen LogP) is 4.97. The first kappa shape index (κ1) is 20.3. The van der Waals surface area contributed by atoms with Gasteiger partial charge in [0, 0.05) is 17.5 Å². The smallest absolute Gasteiger partial charge is 0.243 e. The Balaban J connectivity index is 1.57. The first-order valence-corrected chi connectivity index (χ1v) is 10.1. The summed E-state index contributed by atoms with van der Waals surface area (Å²) in [6, 6.07) is 15.3. The number of hydrogen-bond acceptors (Lipinski definition) is 6. The molecule has 1 heterocycles. The lowest BCUT2D eigenvalue weighted by Gasteiger charge is -2.07. The van der Waals surface area contributed by atoms with Gasteiger partial charge in [-0.1, -0.05) is 53.3 Å². The summed E-state index contributed by atoms with van der Waals surface area (Å²) in [5.41, 5.74) is 3.44. The molecule has 0 radical (unpaired) electrons. The molecule has 0 fully saturated rings. The van der Waals surface area contributed by atoms with Gasteiger partial charge in [-0.3, -0.25) is 10.0 Å². The van der Waals surface area contributed by atoms with Gasteiger partial charge in [0.05, 0.1) is 11.6 Å². The zero-order valence-corrected chi connectivity index (χ0v) is 16.7. The van der Waals surface area contributed by atoms with Crippen molar-refractivity contribution in [2.75, 3.05) is 6.61 Å². The van der Waals surface area contributed by atoms with Crippen LogP contribution in [-0.2, 0) is 4.79 Å². The minimum Gasteiger partial charge on any atom is -0.494 e. The zero-order valence-electron chi connectivity index (χ0n) is 15.1. The molecule has 28 heavy (non-hydrogen) atoms. The summed E-state index contributed by atoms with van der Waals surface area (Å²) in [6.45, 7) is 0.561. The molecule has 0 saturated carbocycles. The second kappa shape index (κ2) is 10.2. The van der Waals surface area contributed by atoms with Crippen LogP contribution >= 0.6 is 22.9 Å². The topological polar surface area (TPSA) is 84.3 Å². The molecule has 3 rings (SSSR count). The van der Waals surface area contributed by atoms with Crippen LogP contribution in [0.2, 0.25) is 5.02 Å². The Bertz CT molecular complexity index is 932. The van der Waals surface area contributed by atoms with Crippen molar-refractivity contribution in [1.29, 1.82) is 0 Å². The predicted molar refractivity (Wildman–Crippen MR) is 110 cm³/mol. The number of nitrogens with zero attached hydrogens (tertiary/aromatic N) is 2. The van der Waals surface area contributed by atoms with Crippen LogP contribution in [0, 0.1) is 0 Å². The van der Waals surface area contributed by atoms with Gasteiger partial charge in [-0.05, 0) is 37.5 Å². The van der Waals surface area contributed by atoms with Crippen molar-refractivity contribution in [3.63, 3.8) is 0 Å². The third-order valence-corrected chi connectivity index (χ3v) is 5.39. The number of hydrogen-bond donors (Lipinski definition) is 2. The number of unbranched alkanes of at least 4 members (excludes halogenated alkanes) is 2. The third-order valence-electron chi connectivity index (χ3n) is 4.05. The van der Waals surface area contributed by atoms with Crippen molar-refractivity contribution < 1.29 is 14.7 Å². The van der Waals surface area contributed by atoms with Crippen molar-refractivity contribution in [2.24, 2.45) is 0 Å². The molecule has 0 aliphatic heterocycles. The van der Waals surface area contributed by atoms with E-state index in [0.29, 0.717) is 24.5 Å². The minimum absolute atomic E-state index is 0.316. The summed E-state index contributed by atoms with van der Waals surface area (Å²) < 4.78 is 5.80. The fourth-order valence-corrected chi connectivity index (χ4v) is 3.77. The summed E-state index contributed by atoms with van der Waals surface area (Å²) in [6.07, 6.45) is 2.71. The molecular weight excluding hydrogens is 398 g/mol. The Morgan fingerprint density at radius 1 is 1.07 bits per heavy atom. The molecule has 0 saturated heterocycles. The average Bonchev–Trinajstić information content (AvgIpc) is 3.21. The van der Waals surface area contributed by atoms with Crippen LogP contribution in [0.3, 0.4) is 0 Å². The van der Waals surface area contributed by atoms with Crippen molar-refractivity contribution in [3.8, 4) is 26.9 Å². The normalized spacial score (nSPS) is 10.6. The quantitative estimate of drug-likeness (QED) is 0.291. The first-order chi connectivity index (χ1) is 13.7. The van der Waals surface area contributed by atoms with Crippen molar-refractivity contribution in [1.82, 2.24) is 15.7 Å². The van der Waals surface area contributed by atoms with E-state index in [9.17, 15) is 4.79 Å². The number of ether oxygens (including phenoxy) is 1. The van der Waals surface area contributed by atoms with Crippen molar-refractivity contribution in [2.45, 2.75) is 25.7 Å². The van der Waals surface area contributed by atoms with E-state index in [1.54, 1.807) is 5.48 Å². The number of benzene rings is 2. The van der Waals surface area contributed by atoms with Gasteiger partial charge in [-0.2, -0.15) is 0 Å². The van der Waals surface area contributed by atoms with Crippen LogP contribution in [0.1, 0.15) is 25.7 Å². The summed E-state index contributed by atoms with van der Waals surface area (Å²) >= 11 is 7.72. The van der Waals surface area contributed by atoms with Gasteiger partial charge in [-0.15, -0.1) is 10.2 Å². The van der Waals surface area contributed by atoms with Gasteiger partial charge < -0.3 is 4.74 Å². The maximum atomic E-state index is 10.9. The highest BCUT2D eigenvalue weighted by Crippen LogP contribution is 2.34. The number of aromatic nitrogens is 2. The Hall–Kier alpha value is -2.48. The molecule has 1 amide bonds. The van der Waals surface area contributed by atoms with Crippen LogP contribution in [0.15, 0.2) is 48.5 Å². The number of halogens is 1. The van der Waals surface area contributed by atoms with E-state index in [2.05, 4.69) is 10.2 Å². The second-order valence-electron chi connectivity index (χ2n) is 6.11. The average molecular weight is 418 g/mol. The maximum Gasteiger partial charge on any atom is 0.243 e. The van der Waals surface area contributed by atoms with Gasteiger partial charge in [0.2, 0.25) is 5.91 Å². The number of amides is 1. The van der Waals surface area contributed by atoms with Gasteiger partial charge in [-0.25, -0.2) is 5.48 Å². The maximum absolute atomic E-state index is 10.9. The van der Waals surface area contributed by atoms with E-state index in [-0.39, 0.29) is 5.91 Å². The number of carbonyl (C=O) groups is 1. The van der Waals surface area contributed by atoms with Gasteiger partial charge in [0.15, 0.2) is 0 Å². The molecule has 0 aliphatic rings. The lowest BCUT2D eigenvalue weighted by atomic mass is 10.2. The molecule has 6 nitrogen and oxygen atoms in total. The largest absolute Gasteiger partial charge is 0.494 e. The van der Waals surface area contributed by atoms with E-state index in [1.165, 1.54) is 11.3 Å². The molecule has 0 unspecified atom stereocenters. The molecule has 3 aromatic rings. The van der Waals surface area contributed by atoms with E-state index in [0.717, 1.165) is 39.7 Å². The highest BCUT2D eigenvalue weighted by molar-refractivity contribution is 7.18. The standard InChI is InChI=1S/C20H20ClN3O3S/c21-17-10-4-3-9-16(17)20-23-22-19(28-20)14-7-6-8-15(13-14)27-12-5-1-2-11-18(25)24-26/h3-4,6-10,13,26H,1-2,5,11-12H2,(H,24,25). The van der Waals surface area contributed by atoms with E-state index < -0.39 is 0 Å². The first-order valence-electron chi connectivity index (χ1n) is 8.92. The lowest BCUT2D eigenvalue weighted by Crippen LogP contribution is -2.17. The molecular formula is C20H20ClN3O3S. The molecule has 0 spiro atoms. The highest BCUT2D eigenvalue weighted by atomic mass is 35.5. The van der Waals surface area contributed by atoms with E-state index in [4.69, 9.17) is 21.5 Å². The number of nitrogens with one attached hydrogen (secondary N) is 1. The molecule has 0 aliphatic carbocycles. The molecule has 8 heteroatoms. The molecule has 146 valence electrons.